The lowest BCUT2D eigenvalue weighted by atomic mass is 9.91. The lowest BCUT2D eigenvalue weighted by Crippen LogP contribution is -2.36. The van der Waals surface area contributed by atoms with Crippen molar-refractivity contribution < 1.29 is 9.63 Å². The van der Waals surface area contributed by atoms with Crippen molar-refractivity contribution in [1.29, 1.82) is 0 Å². The summed E-state index contributed by atoms with van der Waals surface area (Å²) in [6, 6.07) is 0.591. The van der Waals surface area contributed by atoms with E-state index in [1.807, 2.05) is 31.7 Å². The first kappa shape index (κ1) is 15.0. The maximum absolute atomic E-state index is 10.5. The molecule has 0 aromatic carbocycles. The van der Waals surface area contributed by atoms with Gasteiger partial charge in [0.1, 0.15) is 11.9 Å². The summed E-state index contributed by atoms with van der Waals surface area (Å²) < 4.78 is 7.22. The third kappa shape index (κ3) is 2.85. The Morgan fingerprint density at radius 1 is 1.32 bits per heavy atom. The zero-order chi connectivity index (χ0) is 15.7. The number of piperidine rings is 1. The molecule has 1 N–H and O–H groups in total. The second kappa shape index (κ2) is 6.08. The van der Waals surface area contributed by atoms with Crippen molar-refractivity contribution in [1.82, 2.24) is 19.7 Å². The molecule has 22 heavy (non-hydrogen) atoms. The summed E-state index contributed by atoms with van der Waals surface area (Å²) in [7, 11) is 1.91. The van der Waals surface area contributed by atoms with Crippen LogP contribution in [0.3, 0.4) is 0 Å². The van der Waals surface area contributed by atoms with E-state index in [9.17, 15) is 5.11 Å². The van der Waals surface area contributed by atoms with Gasteiger partial charge < -0.3 is 19.1 Å². The van der Waals surface area contributed by atoms with E-state index in [4.69, 9.17) is 4.52 Å². The highest BCUT2D eigenvalue weighted by Crippen LogP contribution is 2.31. The Labute approximate surface area is 130 Å². The predicted molar refractivity (Wildman–Crippen MR) is 81.5 cm³/mol. The van der Waals surface area contributed by atoms with E-state index >= 15 is 0 Å². The molecule has 7 nitrogen and oxygen atoms in total. The van der Waals surface area contributed by atoms with E-state index in [0.717, 1.165) is 37.6 Å². The molecule has 0 aliphatic carbocycles. The molecular weight excluding hydrogens is 282 g/mol. The van der Waals surface area contributed by atoms with Crippen LogP contribution < -0.4 is 4.90 Å². The highest BCUT2D eigenvalue weighted by atomic mass is 16.5. The number of aryl methyl sites for hydroxylation is 1. The first-order valence-electron chi connectivity index (χ1n) is 7.80. The molecule has 0 spiro atoms. The summed E-state index contributed by atoms with van der Waals surface area (Å²) in [6.45, 7) is 5.71. The molecule has 1 saturated heterocycles. The van der Waals surface area contributed by atoms with Crippen LogP contribution in [0.15, 0.2) is 16.9 Å². The van der Waals surface area contributed by atoms with Gasteiger partial charge in [0.25, 0.3) is 0 Å². The van der Waals surface area contributed by atoms with Gasteiger partial charge >= 0.3 is 6.01 Å². The lowest BCUT2D eigenvalue weighted by Gasteiger charge is -2.32. The van der Waals surface area contributed by atoms with Gasteiger partial charge in [0.2, 0.25) is 0 Å². The van der Waals surface area contributed by atoms with Crippen molar-refractivity contribution >= 4 is 6.01 Å². The van der Waals surface area contributed by atoms with Crippen LogP contribution in [-0.4, -0.2) is 37.9 Å². The van der Waals surface area contributed by atoms with Crippen molar-refractivity contribution in [2.24, 2.45) is 13.0 Å². The number of aliphatic hydroxyl groups is 1. The molecule has 0 amide bonds. The molecule has 0 radical (unpaired) electrons. The molecule has 2 aromatic rings. The van der Waals surface area contributed by atoms with E-state index in [-0.39, 0.29) is 11.8 Å². The fraction of sp³-hybridized carbons (Fsp3) is 0.667. The normalized spacial score (nSPS) is 18.1. The molecule has 7 heteroatoms. The van der Waals surface area contributed by atoms with Gasteiger partial charge in [-0.3, -0.25) is 0 Å². The molecule has 2 aromatic heterocycles. The molecule has 1 unspecified atom stereocenters. The summed E-state index contributed by atoms with van der Waals surface area (Å²) in [4.78, 5) is 10.8. The SMILES string of the molecule is CC(C)c1noc(N2CCC(C(O)c3nccn3C)CC2)n1. The Balaban J connectivity index is 1.61. The maximum Gasteiger partial charge on any atom is 0.324 e. The smallest absolute Gasteiger partial charge is 0.324 e. The number of hydrogen-bond donors (Lipinski definition) is 1. The average Bonchev–Trinajstić information content (AvgIpc) is 3.15. The Hall–Kier alpha value is -1.89. The number of rotatable bonds is 4. The summed E-state index contributed by atoms with van der Waals surface area (Å²) >= 11 is 0. The first-order chi connectivity index (χ1) is 10.6. The van der Waals surface area contributed by atoms with Gasteiger partial charge in [-0.25, -0.2) is 4.98 Å². The number of imidazole rings is 1. The Kier molecular flexibility index (Phi) is 4.15. The fourth-order valence-corrected chi connectivity index (χ4v) is 2.87. The number of hydrogen-bond acceptors (Lipinski definition) is 6. The summed E-state index contributed by atoms with van der Waals surface area (Å²) in [5, 5.41) is 14.5. The molecule has 3 rings (SSSR count). The molecule has 0 saturated carbocycles. The van der Waals surface area contributed by atoms with Crippen LogP contribution in [0.5, 0.6) is 0 Å². The van der Waals surface area contributed by atoms with E-state index in [0.29, 0.717) is 6.01 Å². The fourth-order valence-electron chi connectivity index (χ4n) is 2.87. The zero-order valence-electron chi connectivity index (χ0n) is 13.3. The molecular formula is C15H23N5O2. The van der Waals surface area contributed by atoms with E-state index in [2.05, 4.69) is 20.0 Å². The second-order valence-electron chi connectivity index (χ2n) is 6.26. The molecule has 0 bridgehead atoms. The topological polar surface area (TPSA) is 80.2 Å². The monoisotopic (exact) mass is 305 g/mol. The van der Waals surface area contributed by atoms with Crippen LogP contribution in [0.1, 0.15) is 50.4 Å². The highest BCUT2D eigenvalue weighted by Gasteiger charge is 2.30. The number of nitrogens with zero attached hydrogens (tertiary/aromatic N) is 5. The van der Waals surface area contributed by atoms with Crippen molar-refractivity contribution in [2.75, 3.05) is 18.0 Å². The Bertz CT molecular complexity index is 613. The predicted octanol–water partition coefficient (Wildman–Crippen LogP) is 1.88. The van der Waals surface area contributed by atoms with Gasteiger partial charge in [-0.05, 0) is 18.8 Å². The van der Waals surface area contributed by atoms with Gasteiger partial charge in [0.05, 0.1) is 0 Å². The molecule has 1 aliphatic heterocycles. The number of aliphatic hydroxyl groups excluding tert-OH is 1. The van der Waals surface area contributed by atoms with Crippen molar-refractivity contribution in [3.8, 4) is 0 Å². The minimum absolute atomic E-state index is 0.213. The maximum atomic E-state index is 10.5. The van der Waals surface area contributed by atoms with Gasteiger partial charge in [0.15, 0.2) is 5.82 Å². The average molecular weight is 305 g/mol. The quantitative estimate of drug-likeness (QED) is 0.929. The summed E-state index contributed by atoms with van der Waals surface area (Å²) in [5.74, 6) is 1.95. The minimum Gasteiger partial charge on any atom is -0.385 e. The van der Waals surface area contributed by atoms with Crippen molar-refractivity contribution in [3.63, 3.8) is 0 Å². The largest absolute Gasteiger partial charge is 0.385 e. The molecule has 1 atom stereocenters. The van der Waals surface area contributed by atoms with Crippen LogP contribution in [0.25, 0.3) is 0 Å². The summed E-state index contributed by atoms with van der Waals surface area (Å²) in [5.41, 5.74) is 0. The summed E-state index contributed by atoms with van der Waals surface area (Å²) in [6.07, 6.45) is 4.83. The van der Waals surface area contributed by atoms with Crippen LogP contribution in [0.4, 0.5) is 6.01 Å². The zero-order valence-corrected chi connectivity index (χ0v) is 13.3. The van der Waals surface area contributed by atoms with E-state index < -0.39 is 6.10 Å². The Morgan fingerprint density at radius 3 is 2.59 bits per heavy atom. The number of aromatic nitrogens is 4. The third-order valence-corrected chi connectivity index (χ3v) is 4.33. The van der Waals surface area contributed by atoms with E-state index in [1.54, 1.807) is 6.20 Å². The number of anilines is 1. The lowest BCUT2D eigenvalue weighted by molar-refractivity contribution is 0.0817. The van der Waals surface area contributed by atoms with Crippen molar-refractivity contribution in [2.45, 2.75) is 38.7 Å². The highest BCUT2D eigenvalue weighted by molar-refractivity contribution is 5.26. The molecule has 3 heterocycles. The van der Waals surface area contributed by atoms with Gasteiger partial charge in [-0.1, -0.05) is 19.0 Å². The van der Waals surface area contributed by atoms with Crippen LogP contribution in [-0.2, 0) is 7.05 Å². The van der Waals surface area contributed by atoms with Gasteiger partial charge in [0, 0.05) is 38.4 Å². The minimum atomic E-state index is -0.518. The molecule has 120 valence electrons. The second-order valence-corrected chi connectivity index (χ2v) is 6.26. The third-order valence-electron chi connectivity index (χ3n) is 4.33. The van der Waals surface area contributed by atoms with Crippen LogP contribution in [0.2, 0.25) is 0 Å². The molecule has 1 fully saturated rings. The first-order valence-corrected chi connectivity index (χ1v) is 7.80. The Morgan fingerprint density at radius 2 is 2.05 bits per heavy atom. The van der Waals surface area contributed by atoms with Crippen LogP contribution >= 0.6 is 0 Å². The van der Waals surface area contributed by atoms with Gasteiger partial charge in [-0.2, -0.15) is 4.98 Å². The van der Waals surface area contributed by atoms with Gasteiger partial charge in [-0.15, -0.1) is 0 Å². The van der Waals surface area contributed by atoms with E-state index in [1.165, 1.54) is 0 Å². The molecule has 1 aliphatic rings. The standard InChI is InChI=1S/C15H23N5O2/c1-10(2)13-17-15(22-18-13)20-7-4-11(5-8-20)12(21)14-16-6-9-19(14)3/h6,9-12,21H,4-5,7-8H2,1-3H3. The van der Waals surface area contributed by atoms with Crippen LogP contribution in [0, 0.1) is 5.92 Å². The van der Waals surface area contributed by atoms with Crippen molar-refractivity contribution in [3.05, 3.63) is 24.0 Å².